The summed E-state index contributed by atoms with van der Waals surface area (Å²) in [6, 6.07) is 5.47. The van der Waals surface area contributed by atoms with Crippen LogP contribution in [0.25, 0.3) is 11.3 Å². The lowest BCUT2D eigenvalue weighted by molar-refractivity contribution is 0.0692. The number of hydrogen-bond acceptors (Lipinski definition) is 3. The van der Waals surface area contributed by atoms with Crippen LogP contribution in [0.4, 0.5) is 8.78 Å². The first-order valence-corrected chi connectivity index (χ1v) is 6.33. The number of nitrogens with zero attached hydrogens (tertiary/aromatic N) is 1. The smallest absolute Gasteiger partial charge is 0.341 e. The Bertz CT molecular complexity index is 672. The number of aromatic carboxylic acids is 1. The maximum Gasteiger partial charge on any atom is 0.341 e. The Kier molecular flexibility index (Phi) is 3.80. The second kappa shape index (κ2) is 5.27. The summed E-state index contributed by atoms with van der Waals surface area (Å²) in [6.07, 6.45) is -2.63. The Morgan fingerprint density at radius 1 is 1.33 bits per heavy atom. The normalized spacial score (nSPS) is 11.9. The van der Waals surface area contributed by atoms with Crippen LogP contribution in [0.3, 0.4) is 0 Å². The van der Waals surface area contributed by atoms with Crippen molar-refractivity contribution in [3.63, 3.8) is 0 Å². The van der Waals surface area contributed by atoms with Crippen LogP contribution in [-0.4, -0.2) is 16.2 Å². The third-order valence-electron chi connectivity index (χ3n) is 3.00. The number of rotatable bonds is 3. The molecule has 0 saturated heterocycles. The lowest BCUT2D eigenvalue weighted by atomic mass is 9.88. The summed E-state index contributed by atoms with van der Waals surface area (Å²) in [6.45, 7) is 5.37. The van der Waals surface area contributed by atoms with Gasteiger partial charge in [-0.2, -0.15) is 0 Å². The van der Waals surface area contributed by atoms with Gasteiger partial charge in [0, 0.05) is 16.5 Å². The number of halogens is 2. The van der Waals surface area contributed by atoms with E-state index in [2.05, 4.69) is 5.16 Å². The second-order valence-electron chi connectivity index (χ2n) is 5.72. The van der Waals surface area contributed by atoms with Gasteiger partial charge in [0.05, 0.1) is 0 Å². The number of alkyl halides is 2. The molecule has 0 radical (unpaired) electrons. The standard InChI is InChI=1S/C15H15F2NO3/c1-15(2,3)12-10(14(19)20)11(18-21-12)8-5-4-6-9(7-8)13(16)17/h4-7,13H,1-3H3,(H,19,20). The maximum absolute atomic E-state index is 12.8. The molecule has 0 aliphatic rings. The Morgan fingerprint density at radius 3 is 2.52 bits per heavy atom. The summed E-state index contributed by atoms with van der Waals surface area (Å²) in [4.78, 5) is 11.5. The molecule has 6 heteroatoms. The Labute approximate surface area is 120 Å². The quantitative estimate of drug-likeness (QED) is 0.918. The van der Waals surface area contributed by atoms with Crippen molar-refractivity contribution in [1.82, 2.24) is 5.16 Å². The Balaban J connectivity index is 2.62. The molecule has 1 N–H and O–H groups in total. The van der Waals surface area contributed by atoms with Crippen LogP contribution >= 0.6 is 0 Å². The summed E-state index contributed by atoms with van der Waals surface area (Å²) in [5.41, 5.74) is -0.475. The summed E-state index contributed by atoms with van der Waals surface area (Å²) in [5, 5.41) is 13.2. The molecule has 1 aromatic heterocycles. The van der Waals surface area contributed by atoms with E-state index < -0.39 is 17.8 Å². The predicted molar refractivity (Wildman–Crippen MR) is 72.6 cm³/mol. The summed E-state index contributed by atoms with van der Waals surface area (Å²) >= 11 is 0. The minimum absolute atomic E-state index is 0.0647. The zero-order valence-corrected chi connectivity index (χ0v) is 11.9. The number of carboxylic acids is 1. The van der Waals surface area contributed by atoms with Gasteiger partial charge in [-0.05, 0) is 6.07 Å². The van der Waals surface area contributed by atoms with Gasteiger partial charge >= 0.3 is 5.97 Å². The van der Waals surface area contributed by atoms with E-state index in [1.165, 1.54) is 24.3 Å². The van der Waals surface area contributed by atoms with Gasteiger partial charge in [0.1, 0.15) is 11.3 Å². The van der Waals surface area contributed by atoms with E-state index in [1.807, 2.05) is 0 Å². The summed E-state index contributed by atoms with van der Waals surface area (Å²) in [7, 11) is 0. The molecule has 1 aromatic carbocycles. The van der Waals surface area contributed by atoms with E-state index in [-0.39, 0.29) is 22.6 Å². The predicted octanol–water partition coefficient (Wildman–Crippen LogP) is 4.27. The average Bonchev–Trinajstić information content (AvgIpc) is 2.83. The molecule has 0 bridgehead atoms. The Hall–Kier alpha value is -2.24. The van der Waals surface area contributed by atoms with Crippen LogP contribution in [0.5, 0.6) is 0 Å². The molecule has 0 aliphatic heterocycles. The first kappa shape index (κ1) is 15.2. The second-order valence-corrected chi connectivity index (χ2v) is 5.72. The van der Waals surface area contributed by atoms with Crippen molar-refractivity contribution in [3.8, 4) is 11.3 Å². The lowest BCUT2D eigenvalue weighted by Gasteiger charge is -2.14. The maximum atomic E-state index is 12.8. The molecular formula is C15H15F2NO3. The van der Waals surface area contributed by atoms with Gasteiger partial charge in [0.2, 0.25) is 0 Å². The molecule has 0 fully saturated rings. The monoisotopic (exact) mass is 295 g/mol. The lowest BCUT2D eigenvalue weighted by Crippen LogP contribution is -2.15. The summed E-state index contributed by atoms with van der Waals surface area (Å²) < 4.78 is 30.7. The minimum Gasteiger partial charge on any atom is -0.477 e. The van der Waals surface area contributed by atoms with E-state index in [0.29, 0.717) is 5.56 Å². The van der Waals surface area contributed by atoms with Crippen LogP contribution in [0, 0.1) is 0 Å². The van der Waals surface area contributed by atoms with Crippen molar-refractivity contribution in [2.75, 3.05) is 0 Å². The first-order chi connectivity index (χ1) is 9.71. The highest BCUT2D eigenvalue weighted by atomic mass is 19.3. The molecule has 4 nitrogen and oxygen atoms in total. The Morgan fingerprint density at radius 2 is 2.00 bits per heavy atom. The fourth-order valence-electron chi connectivity index (χ4n) is 2.02. The summed E-state index contributed by atoms with van der Waals surface area (Å²) in [5.74, 6) is -0.980. The molecule has 0 saturated carbocycles. The van der Waals surface area contributed by atoms with Crippen molar-refractivity contribution in [1.29, 1.82) is 0 Å². The zero-order chi connectivity index (χ0) is 15.8. The first-order valence-electron chi connectivity index (χ1n) is 6.33. The van der Waals surface area contributed by atoms with Crippen LogP contribution < -0.4 is 0 Å². The largest absolute Gasteiger partial charge is 0.477 e. The molecule has 0 spiro atoms. The van der Waals surface area contributed by atoms with E-state index in [4.69, 9.17) is 4.52 Å². The molecular weight excluding hydrogens is 280 g/mol. The number of hydrogen-bond donors (Lipinski definition) is 1. The third-order valence-corrected chi connectivity index (χ3v) is 3.00. The zero-order valence-electron chi connectivity index (χ0n) is 11.9. The number of benzene rings is 1. The fourth-order valence-corrected chi connectivity index (χ4v) is 2.02. The van der Waals surface area contributed by atoms with Gasteiger partial charge in [-0.25, -0.2) is 13.6 Å². The molecule has 0 amide bonds. The van der Waals surface area contributed by atoms with Gasteiger partial charge in [0.15, 0.2) is 5.76 Å². The average molecular weight is 295 g/mol. The van der Waals surface area contributed by atoms with Gasteiger partial charge in [-0.3, -0.25) is 0 Å². The van der Waals surface area contributed by atoms with Gasteiger partial charge in [-0.15, -0.1) is 0 Å². The van der Waals surface area contributed by atoms with E-state index in [9.17, 15) is 18.7 Å². The highest BCUT2D eigenvalue weighted by Gasteiger charge is 2.31. The van der Waals surface area contributed by atoms with Crippen molar-refractivity contribution in [2.24, 2.45) is 0 Å². The fraction of sp³-hybridized carbons (Fsp3) is 0.333. The molecule has 2 rings (SSSR count). The van der Waals surface area contributed by atoms with Crippen molar-refractivity contribution < 1.29 is 23.2 Å². The topological polar surface area (TPSA) is 63.3 Å². The molecule has 0 unspecified atom stereocenters. The van der Waals surface area contributed by atoms with Crippen LogP contribution in [-0.2, 0) is 5.41 Å². The number of carbonyl (C=O) groups is 1. The highest BCUT2D eigenvalue weighted by Crippen LogP contribution is 2.34. The minimum atomic E-state index is -2.63. The van der Waals surface area contributed by atoms with Gasteiger partial charge in [0.25, 0.3) is 6.43 Å². The SMILES string of the molecule is CC(C)(C)c1onc(-c2cccc(C(F)F)c2)c1C(=O)O. The number of carboxylic acid groups (broad SMARTS) is 1. The molecule has 21 heavy (non-hydrogen) atoms. The van der Waals surface area contributed by atoms with Gasteiger partial charge < -0.3 is 9.63 Å². The highest BCUT2D eigenvalue weighted by molar-refractivity contribution is 5.96. The molecule has 0 atom stereocenters. The van der Waals surface area contributed by atoms with Crippen LogP contribution in [0.2, 0.25) is 0 Å². The van der Waals surface area contributed by atoms with Crippen LogP contribution in [0.1, 0.15) is 48.9 Å². The van der Waals surface area contributed by atoms with Crippen LogP contribution in [0.15, 0.2) is 28.8 Å². The van der Waals surface area contributed by atoms with E-state index >= 15 is 0 Å². The van der Waals surface area contributed by atoms with Crippen molar-refractivity contribution in [3.05, 3.63) is 41.2 Å². The molecule has 1 heterocycles. The molecule has 2 aromatic rings. The third kappa shape index (κ3) is 2.94. The number of aromatic nitrogens is 1. The van der Waals surface area contributed by atoms with Crippen molar-refractivity contribution >= 4 is 5.97 Å². The van der Waals surface area contributed by atoms with Gasteiger partial charge in [-0.1, -0.05) is 44.1 Å². The van der Waals surface area contributed by atoms with E-state index in [1.54, 1.807) is 20.8 Å². The van der Waals surface area contributed by atoms with Crippen molar-refractivity contribution in [2.45, 2.75) is 32.6 Å². The van der Waals surface area contributed by atoms with E-state index in [0.717, 1.165) is 0 Å². The molecule has 0 aliphatic carbocycles. The molecule has 112 valence electrons.